The van der Waals surface area contributed by atoms with E-state index < -0.39 is 17.5 Å². The fourth-order valence-corrected chi connectivity index (χ4v) is 1.38. The highest BCUT2D eigenvalue weighted by Crippen LogP contribution is 2.27. The van der Waals surface area contributed by atoms with Crippen molar-refractivity contribution in [2.75, 3.05) is 0 Å². The number of hydrogen-bond acceptors (Lipinski definition) is 2. The SMILES string of the molecule is CC(=O)c1ccc(-c2cc(F)c(F)cc2F)o1. The molecule has 2 nitrogen and oxygen atoms in total. The first kappa shape index (κ1) is 11.4. The van der Waals surface area contributed by atoms with E-state index in [-0.39, 0.29) is 22.9 Å². The minimum Gasteiger partial charge on any atom is -0.453 e. The van der Waals surface area contributed by atoms with Gasteiger partial charge in [-0.2, -0.15) is 0 Å². The van der Waals surface area contributed by atoms with Crippen molar-refractivity contribution in [3.05, 3.63) is 47.5 Å². The van der Waals surface area contributed by atoms with Crippen LogP contribution in [0.4, 0.5) is 13.2 Å². The number of furan rings is 1. The van der Waals surface area contributed by atoms with Gasteiger partial charge in [0.1, 0.15) is 11.6 Å². The van der Waals surface area contributed by atoms with Crippen molar-refractivity contribution in [1.82, 2.24) is 0 Å². The van der Waals surface area contributed by atoms with Crippen LogP contribution in [-0.4, -0.2) is 5.78 Å². The zero-order valence-electron chi connectivity index (χ0n) is 8.76. The molecule has 0 spiro atoms. The summed E-state index contributed by atoms with van der Waals surface area (Å²) in [6.07, 6.45) is 0. The molecule has 0 atom stereocenters. The Balaban J connectivity index is 2.52. The highest BCUT2D eigenvalue weighted by atomic mass is 19.2. The van der Waals surface area contributed by atoms with Gasteiger partial charge in [0, 0.05) is 13.0 Å². The van der Waals surface area contributed by atoms with Crippen molar-refractivity contribution in [2.45, 2.75) is 6.92 Å². The number of benzene rings is 1. The van der Waals surface area contributed by atoms with Crippen LogP contribution in [0.2, 0.25) is 0 Å². The van der Waals surface area contributed by atoms with E-state index in [2.05, 4.69) is 0 Å². The molecule has 88 valence electrons. The molecule has 17 heavy (non-hydrogen) atoms. The van der Waals surface area contributed by atoms with Gasteiger partial charge in [-0.25, -0.2) is 13.2 Å². The van der Waals surface area contributed by atoms with Gasteiger partial charge in [-0.1, -0.05) is 0 Å². The molecule has 1 aromatic heterocycles. The van der Waals surface area contributed by atoms with Gasteiger partial charge < -0.3 is 4.42 Å². The van der Waals surface area contributed by atoms with E-state index in [1.165, 1.54) is 19.1 Å². The Hall–Kier alpha value is -2.04. The van der Waals surface area contributed by atoms with Crippen LogP contribution >= 0.6 is 0 Å². The van der Waals surface area contributed by atoms with Crippen molar-refractivity contribution in [2.24, 2.45) is 0 Å². The summed E-state index contributed by atoms with van der Waals surface area (Å²) in [5.74, 6) is -3.73. The molecule has 0 amide bonds. The normalized spacial score (nSPS) is 10.6. The molecule has 0 bridgehead atoms. The summed E-state index contributed by atoms with van der Waals surface area (Å²) in [7, 11) is 0. The van der Waals surface area contributed by atoms with Gasteiger partial charge >= 0.3 is 0 Å². The molecular weight excluding hydrogens is 233 g/mol. The second-order valence-electron chi connectivity index (χ2n) is 3.47. The van der Waals surface area contributed by atoms with Crippen molar-refractivity contribution in [3.8, 4) is 11.3 Å². The van der Waals surface area contributed by atoms with Gasteiger partial charge in [0.15, 0.2) is 23.2 Å². The number of Topliss-reactive ketones (excluding diaryl/α,β-unsaturated/α-hetero) is 1. The molecule has 0 saturated carbocycles. The van der Waals surface area contributed by atoms with Crippen LogP contribution < -0.4 is 0 Å². The van der Waals surface area contributed by atoms with Crippen molar-refractivity contribution < 1.29 is 22.4 Å². The summed E-state index contributed by atoms with van der Waals surface area (Å²) < 4.78 is 44.1. The second kappa shape index (κ2) is 4.08. The van der Waals surface area contributed by atoms with Crippen LogP contribution in [0.1, 0.15) is 17.5 Å². The summed E-state index contributed by atoms with van der Waals surface area (Å²) >= 11 is 0. The monoisotopic (exact) mass is 240 g/mol. The van der Waals surface area contributed by atoms with E-state index >= 15 is 0 Å². The first-order chi connectivity index (χ1) is 7.99. The standard InChI is InChI=1S/C12H7F3O2/c1-6(16)11-2-3-12(17-11)7-4-9(14)10(15)5-8(7)13/h2-5H,1H3. The molecule has 0 aliphatic carbocycles. The van der Waals surface area contributed by atoms with E-state index in [0.29, 0.717) is 12.1 Å². The topological polar surface area (TPSA) is 30.2 Å². The summed E-state index contributed by atoms with van der Waals surface area (Å²) in [4.78, 5) is 11.0. The third kappa shape index (κ3) is 2.08. The predicted molar refractivity (Wildman–Crippen MR) is 54.0 cm³/mol. The zero-order valence-corrected chi connectivity index (χ0v) is 8.76. The van der Waals surface area contributed by atoms with Crippen LogP contribution in [0, 0.1) is 17.5 Å². The van der Waals surface area contributed by atoms with Gasteiger partial charge in [-0.3, -0.25) is 4.79 Å². The van der Waals surface area contributed by atoms with Crippen LogP contribution in [0.15, 0.2) is 28.7 Å². The molecule has 0 fully saturated rings. The first-order valence-corrected chi connectivity index (χ1v) is 4.74. The maximum Gasteiger partial charge on any atom is 0.194 e. The largest absolute Gasteiger partial charge is 0.453 e. The third-order valence-corrected chi connectivity index (χ3v) is 2.23. The Labute approximate surface area is 94.7 Å². The zero-order chi connectivity index (χ0) is 12.6. The number of ketones is 1. The van der Waals surface area contributed by atoms with Crippen LogP contribution in [0.25, 0.3) is 11.3 Å². The fourth-order valence-electron chi connectivity index (χ4n) is 1.38. The molecule has 2 aromatic rings. The van der Waals surface area contributed by atoms with E-state index in [1.807, 2.05) is 0 Å². The van der Waals surface area contributed by atoms with E-state index in [4.69, 9.17) is 4.42 Å². The average molecular weight is 240 g/mol. The Kier molecular flexibility index (Phi) is 2.75. The lowest BCUT2D eigenvalue weighted by Gasteiger charge is -2.00. The summed E-state index contributed by atoms with van der Waals surface area (Å²) in [5, 5.41) is 0. The number of rotatable bonds is 2. The van der Waals surface area contributed by atoms with E-state index in [9.17, 15) is 18.0 Å². The van der Waals surface area contributed by atoms with Crippen molar-refractivity contribution in [3.63, 3.8) is 0 Å². The van der Waals surface area contributed by atoms with Gasteiger partial charge in [0.25, 0.3) is 0 Å². The minimum absolute atomic E-state index is 0.0217. The van der Waals surface area contributed by atoms with Crippen LogP contribution in [0.3, 0.4) is 0 Å². The van der Waals surface area contributed by atoms with Crippen LogP contribution in [-0.2, 0) is 0 Å². The molecule has 0 radical (unpaired) electrons. The molecule has 2 rings (SSSR count). The van der Waals surface area contributed by atoms with Crippen molar-refractivity contribution >= 4 is 5.78 Å². The molecule has 0 aliphatic rings. The summed E-state index contributed by atoms with van der Waals surface area (Å²) in [6, 6.07) is 3.79. The Morgan fingerprint density at radius 1 is 1.06 bits per heavy atom. The Bertz CT molecular complexity index is 587. The second-order valence-corrected chi connectivity index (χ2v) is 3.47. The lowest BCUT2D eigenvalue weighted by atomic mass is 10.1. The predicted octanol–water partition coefficient (Wildman–Crippen LogP) is 3.57. The maximum atomic E-state index is 13.4. The molecule has 0 saturated heterocycles. The summed E-state index contributed by atoms with van der Waals surface area (Å²) in [5.41, 5.74) is -0.226. The number of carbonyl (C=O) groups excluding carboxylic acids is 1. The molecule has 0 aliphatic heterocycles. The minimum atomic E-state index is -1.27. The molecular formula is C12H7F3O2. The maximum absolute atomic E-state index is 13.4. The van der Waals surface area contributed by atoms with Gasteiger partial charge in [0.05, 0.1) is 5.56 Å². The smallest absolute Gasteiger partial charge is 0.194 e. The Morgan fingerprint density at radius 2 is 1.71 bits per heavy atom. The molecule has 0 N–H and O–H groups in total. The Morgan fingerprint density at radius 3 is 2.29 bits per heavy atom. The van der Waals surface area contributed by atoms with Gasteiger partial charge in [-0.05, 0) is 18.2 Å². The molecule has 0 unspecified atom stereocenters. The van der Waals surface area contributed by atoms with Gasteiger partial charge in [0.2, 0.25) is 0 Å². The molecule has 1 aromatic carbocycles. The lowest BCUT2D eigenvalue weighted by Crippen LogP contribution is -1.90. The van der Waals surface area contributed by atoms with Gasteiger partial charge in [-0.15, -0.1) is 0 Å². The highest BCUT2D eigenvalue weighted by Gasteiger charge is 2.15. The third-order valence-electron chi connectivity index (χ3n) is 2.23. The average Bonchev–Trinajstić information content (AvgIpc) is 2.72. The highest BCUT2D eigenvalue weighted by molar-refractivity contribution is 5.91. The fraction of sp³-hybridized carbons (Fsp3) is 0.0833. The number of carbonyl (C=O) groups is 1. The quantitative estimate of drug-likeness (QED) is 0.593. The van der Waals surface area contributed by atoms with E-state index in [0.717, 1.165) is 0 Å². The summed E-state index contributed by atoms with van der Waals surface area (Å²) in [6.45, 7) is 1.28. The molecule has 5 heteroatoms. The number of halogens is 3. The number of hydrogen-bond donors (Lipinski definition) is 0. The van der Waals surface area contributed by atoms with Crippen LogP contribution in [0.5, 0.6) is 0 Å². The van der Waals surface area contributed by atoms with Crippen molar-refractivity contribution in [1.29, 1.82) is 0 Å². The molecule has 1 heterocycles. The lowest BCUT2D eigenvalue weighted by molar-refractivity contribution is 0.0988. The first-order valence-electron chi connectivity index (χ1n) is 4.74. The van der Waals surface area contributed by atoms with E-state index in [1.54, 1.807) is 0 Å².